The monoisotopic (exact) mass is 961 g/mol. The summed E-state index contributed by atoms with van der Waals surface area (Å²) in [5.41, 5.74) is 0. The Morgan fingerprint density at radius 2 is 0.515 bits per heavy atom. The Morgan fingerprint density at radius 1 is 0.294 bits per heavy atom. The average Bonchev–Trinajstić information content (AvgIpc) is 3.31. The molecular formula is C62H120O6. The molecule has 6 heteroatoms. The zero-order chi connectivity index (χ0) is 49.8. The van der Waals surface area contributed by atoms with Crippen molar-refractivity contribution >= 4 is 17.9 Å². The van der Waals surface area contributed by atoms with E-state index >= 15 is 0 Å². The van der Waals surface area contributed by atoms with Crippen LogP contribution in [0, 0.1) is 17.8 Å². The third-order valence-corrected chi connectivity index (χ3v) is 14.5. The first-order chi connectivity index (χ1) is 33.1. The second-order valence-electron chi connectivity index (χ2n) is 22.5. The molecule has 2 atom stereocenters. The van der Waals surface area contributed by atoms with E-state index in [-0.39, 0.29) is 31.1 Å². The Morgan fingerprint density at radius 3 is 0.765 bits per heavy atom. The van der Waals surface area contributed by atoms with Crippen LogP contribution in [0.1, 0.15) is 343 Å². The van der Waals surface area contributed by atoms with Crippen molar-refractivity contribution in [3.05, 3.63) is 0 Å². The number of carbonyl (C=O) groups excluding carboxylic acids is 3. The van der Waals surface area contributed by atoms with Crippen LogP contribution in [0.3, 0.4) is 0 Å². The van der Waals surface area contributed by atoms with Crippen LogP contribution in [0.25, 0.3) is 0 Å². The van der Waals surface area contributed by atoms with Crippen molar-refractivity contribution in [2.75, 3.05) is 13.2 Å². The fourth-order valence-electron chi connectivity index (χ4n) is 9.50. The maximum atomic E-state index is 12.9. The van der Waals surface area contributed by atoms with E-state index in [0.29, 0.717) is 19.3 Å². The molecule has 0 aromatic heterocycles. The van der Waals surface area contributed by atoms with E-state index < -0.39 is 6.10 Å². The van der Waals surface area contributed by atoms with E-state index in [1.165, 1.54) is 225 Å². The van der Waals surface area contributed by atoms with Gasteiger partial charge in [0.1, 0.15) is 13.2 Å². The first-order valence-electron chi connectivity index (χ1n) is 30.6. The molecule has 0 aromatic carbocycles. The number of rotatable bonds is 55. The predicted molar refractivity (Wildman–Crippen MR) is 293 cm³/mol. The molecular weight excluding hydrogens is 841 g/mol. The Kier molecular flexibility index (Phi) is 52.0. The molecule has 0 saturated heterocycles. The highest BCUT2D eigenvalue weighted by Crippen LogP contribution is 2.19. The van der Waals surface area contributed by atoms with Crippen molar-refractivity contribution in [1.29, 1.82) is 0 Å². The van der Waals surface area contributed by atoms with E-state index in [1.807, 2.05) is 0 Å². The highest BCUT2D eigenvalue weighted by Gasteiger charge is 2.19. The van der Waals surface area contributed by atoms with E-state index in [9.17, 15) is 14.4 Å². The van der Waals surface area contributed by atoms with Crippen molar-refractivity contribution in [2.24, 2.45) is 17.8 Å². The highest BCUT2D eigenvalue weighted by atomic mass is 16.6. The fourth-order valence-corrected chi connectivity index (χ4v) is 9.50. The molecule has 0 amide bonds. The third kappa shape index (κ3) is 53.8. The highest BCUT2D eigenvalue weighted by molar-refractivity contribution is 5.71. The first kappa shape index (κ1) is 66.4. The van der Waals surface area contributed by atoms with Gasteiger partial charge < -0.3 is 14.2 Å². The van der Waals surface area contributed by atoms with Crippen LogP contribution in [-0.2, 0) is 28.6 Å². The quantitative estimate of drug-likeness (QED) is 0.0343. The minimum Gasteiger partial charge on any atom is -0.462 e. The van der Waals surface area contributed by atoms with Gasteiger partial charge in [0.05, 0.1) is 0 Å². The summed E-state index contributed by atoms with van der Waals surface area (Å²) < 4.78 is 16.9. The molecule has 0 aliphatic rings. The summed E-state index contributed by atoms with van der Waals surface area (Å²) in [4.78, 5) is 38.2. The second-order valence-corrected chi connectivity index (χ2v) is 22.5. The lowest BCUT2D eigenvalue weighted by molar-refractivity contribution is -0.167. The van der Waals surface area contributed by atoms with Gasteiger partial charge in [-0.25, -0.2) is 0 Å². The Labute approximate surface area is 425 Å². The number of unbranched alkanes of at least 4 members (excludes halogenated alkanes) is 37. The van der Waals surface area contributed by atoms with E-state index in [1.54, 1.807) is 0 Å². The molecule has 0 heterocycles. The zero-order valence-corrected chi connectivity index (χ0v) is 46.9. The van der Waals surface area contributed by atoms with Gasteiger partial charge in [-0.3, -0.25) is 14.4 Å². The lowest BCUT2D eigenvalue weighted by Crippen LogP contribution is -2.30. The molecule has 0 aliphatic heterocycles. The van der Waals surface area contributed by atoms with Crippen LogP contribution in [0.4, 0.5) is 0 Å². The van der Waals surface area contributed by atoms with Gasteiger partial charge in [0.2, 0.25) is 0 Å². The SMILES string of the molecule is CCC(C)CCCCCCCCCCCCCCCCCCCCC(=O)OC[C@@H](COC(=O)CCCCCCCCCCCCCC(C)C)OC(=O)CCCCCCCCCCCCCC(C)C. The van der Waals surface area contributed by atoms with Crippen molar-refractivity contribution in [2.45, 2.75) is 349 Å². The normalized spacial score (nSPS) is 12.5. The minimum absolute atomic E-state index is 0.0632. The summed E-state index contributed by atoms with van der Waals surface area (Å²) >= 11 is 0. The Bertz CT molecular complexity index is 1060. The average molecular weight is 962 g/mol. The van der Waals surface area contributed by atoms with Gasteiger partial charge >= 0.3 is 17.9 Å². The predicted octanol–water partition coefficient (Wildman–Crippen LogP) is 20.3. The van der Waals surface area contributed by atoms with Crippen LogP contribution in [-0.4, -0.2) is 37.2 Å². The van der Waals surface area contributed by atoms with Gasteiger partial charge in [-0.2, -0.15) is 0 Å². The number of ether oxygens (including phenoxy) is 3. The van der Waals surface area contributed by atoms with Gasteiger partial charge in [0.25, 0.3) is 0 Å². The maximum absolute atomic E-state index is 12.9. The number of hydrogen-bond acceptors (Lipinski definition) is 6. The van der Waals surface area contributed by atoms with Crippen LogP contribution in [0.2, 0.25) is 0 Å². The third-order valence-electron chi connectivity index (χ3n) is 14.5. The summed E-state index contributed by atoms with van der Waals surface area (Å²) in [6, 6.07) is 0. The number of carbonyl (C=O) groups is 3. The Hall–Kier alpha value is -1.59. The summed E-state index contributed by atoms with van der Waals surface area (Å²) in [6.45, 7) is 13.8. The second kappa shape index (κ2) is 53.2. The fraction of sp³-hybridized carbons (Fsp3) is 0.952. The van der Waals surface area contributed by atoms with Crippen LogP contribution in [0.5, 0.6) is 0 Å². The summed E-state index contributed by atoms with van der Waals surface area (Å²) in [5, 5.41) is 0. The van der Waals surface area contributed by atoms with Crippen LogP contribution < -0.4 is 0 Å². The molecule has 0 spiro atoms. The van der Waals surface area contributed by atoms with E-state index in [4.69, 9.17) is 14.2 Å². The smallest absolute Gasteiger partial charge is 0.306 e. The summed E-state index contributed by atoms with van der Waals surface area (Å²) in [5.74, 6) is 1.72. The van der Waals surface area contributed by atoms with E-state index in [0.717, 1.165) is 75.5 Å². The number of hydrogen-bond donors (Lipinski definition) is 0. The zero-order valence-electron chi connectivity index (χ0n) is 46.9. The van der Waals surface area contributed by atoms with Gasteiger partial charge in [0, 0.05) is 19.3 Å². The molecule has 0 aliphatic carbocycles. The molecule has 0 aromatic rings. The molecule has 0 saturated carbocycles. The topological polar surface area (TPSA) is 78.9 Å². The van der Waals surface area contributed by atoms with E-state index in [2.05, 4.69) is 41.5 Å². The molecule has 0 radical (unpaired) electrons. The number of esters is 3. The molecule has 0 bridgehead atoms. The molecule has 6 nitrogen and oxygen atoms in total. The molecule has 1 unspecified atom stereocenters. The molecule has 68 heavy (non-hydrogen) atoms. The lowest BCUT2D eigenvalue weighted by atomic mass is 9.99. The van der Waals surface area contributed by atoms with Crippen molar-refractivity contribution in [1.82, 2.24) is 0 Å². The van der Waals surface area contributed by atoms with Gasteiger partial charge in [-0.15, -0.1) is 0 Å². The summed E-state index contributed by atoms with van der Waals surface area (Å²) in [7, 11) is 0. The van der Waals surface area contributed by atoms with Crippen LogP contribution in [0.15, 0.2) is 0 Å². The van der Waals surface area contributed by atoms with Gasteiger partial charge in [-0.05, 0) is 37.0 Å². The molecule has 0 rings (SSSR count). The van der Waals surface area contributed by atoms with Crippen molar-refractivity contribution in [3.8, 4) is 0 Å². The van der Waals surface area contributed by atoms with Gasteiger partial charge in [0.15, 0.2) is 6.10 Å². The minimum atomic E-state index is -0.764. The summed E-state index contributed by atoms with van der Waals surface area (Å²) in [6.07, 6.45) is 56.7. The van der Waals surface area contributed by atoms with Gasteiger partial charge in [-0.1, -0.05) is 305 Å². The molecule has 0 N–H and O–H groups in total. The standard InChI is InChI=1S/C62H120O6/c1-7-58(6)50-44-38-32-26-20-14-12-10-8-9-11-13-15-21-27-33-39-45-51-60(63)66-54-59(68-62(65)53-47-41-35-29-23-17-19-25-31-37-43-49-57(4)5)55-67-61(64)52-46-40-34-28-22-16-18-24-30-36-42-48-56(2)3/h56-59H,7-55H2,1-6H3/t58?,59-/m0/s1. The maximum Gasteiger partial charge on any atom is 0.306 e. The van der Waals surface area contributed by atoms with Crippen molar-refractivity contribution in [3.63, 3.8) is 0 Å². The van der Waals surface area contributed by atoms with Crippen LogP contribution >= 0.6 is 0 Å². The Balaban J connectivity index is 4.24. The van der Waals surface area contributed by atoms with Crippen molar-refractivity contribution < 1.29 is 28.6 Å². The lowest BCUT2D eigenvalue weighted by Gasteiger charge is -2.18. The largest absolute Gasteiger partial charge is 0.462 e. The first-order valence-corrected chi connectivity index (χ1v) is 30.6. The molecule has 0 fully saturated rings. The molecule has 404 valence electrons.